The number of para-hydroxylation sites is 2. The number of nitrogens with one attached hydrogen (secondary N) is 2. The van der Waals surface area contributed by atoms with E-state index >= 15 is 0 Å². The number of aliphatic imine (C=N–C) groups is 2. The number of hydrogen-bond donors (Lipinski definition) is 3. The fourth-order valence-corrected chi connectivity index (χ4v) is 9.95. The molecule has 7 rings (SSSR count). The van der Waals surface area contributed by atoms with Crippen LogP contribution in [0.5, 0.6) is 11.5 Å². The highest BCUT2D eigenvalue weighted by molar-refractivity contribution is 6.33. The minimum Gasteiger partial charge on any atom is -0.496 e. The first-order valence-electron chi connectivity index (χ1n) is 23.5. The van der Waals surface area contributed by atoms with Gasteiger partial charge in [0.25, 0.3) is 0 Å². The molecular weight excluding hydrogens is 781 g/mol. The molecule has 0 saturated heterocycles. The number of allylic oxidation sites excluding steroid dienone is 5. The van der Waals surface area contributed by atoms with Crippen LogP contribution in [0.4, 0.5) is 0 Å². The van der Waals surface area contributed by atoms with Crippen LogP contribution in [0, 0.1) is 12.3 Å². The van der Waals surface area contributed by atoms with E-state index in [1.807, 2.05) is 37.3 Å². The Labute approximate surface area is 375 Å². The fourth-order valence-electron chi connectivity index (χ4n) is 9.95. The van der Waals surface area contributed by atoms with Crippen molar-refractivity contribution in [3.05, 3.63) is 133 Å². The van der Waals surface area contributed by atoms with E-state index in [1.54, 1.807) is 14.2 Å². The van der Waals surface area contributed by atoms with E-state index < -0.39 is 17.4 Å². The largest absolute Gasteiger partial charge is 0.496 e. The molecule has 0 fully saturated rings. The summed E-state index contributed by atoms with van der Waals surface area (Å²) >= 11 is 0. The molecule has 0 aliphatic carbocycles. The maximum atomic E-state index is 14.1. The Balaban J connectivity index is 1.73. The standard InChI is InChI=1S/C55H68N4O4/c1-11-15-23-36-33(5)42-31-43-34(6)37(24-16-12-2)52(57-43)49(40-27-20-22-30-46(40)63-10)53-41(28-18-14-4)55(8,54(60)61)47(59-53)32-44-35(7)38(25-17-13-3)51(58-44)48(50(36)56-42)39-26-19-21-29-45(39)62-9/h19-22,26-27,29-32,47,56,59H,11-18,23-25,28H2,1-10H3,(H,60,61)/b42-31-,44-32-,50-48-,52-49-. The summed E-state index contributed by atoms with van der Waals surface area (Å²) in [5.74, 6) is 0.622. The maximum Gasteiger partial charge on any atom is 0.316 e. The number of rotatable bonds is 17. The number of benzene rings is 2. The van der Waals surface area contributed by atoms with Crippen LogP contribution in [0.1, 0.15) is 141 Å². The van der Waals surface area contributed by atoms with Crippen LogP contribution in [0.3, 0.4) is 0 Å². The molecule has 0 amide bonds. The number of ether oxygens (including phenoxy) is 2. The number of nitrogens with zero attached hydrogens (tertiary/aromatic N) is 2. The molecular formula is C55H68N4O4. The first-order valence-corrected chi connectivity index (χ1v) is 23.5. The predicted molar refractivity (Wildman–Crippen MR) is 260 cm³/mol. The monoisotopic (exact) mass is 849 g/mol. The van der Waals surface area contributed by atoms with Crippen molar-refractivity contribution in [3.8, 4) is 11.5 Å². The predicted octanol–water partition coefficient (Wildman–Crippen LogP) is 11.4. The number of carboxylic acid groups (broad SMARTS) is 1. The average Bonchev–Trinajstić information content (AvgIpc) is 3.96. The third-order valence-corrected chi connectivity index (χ3v) is 13.9. The van der Waals surface area contributed by atoms with Crippen molar-refractivity contribution in [3.63, 3.8) is 0 Å². The lowest BCUT2D eigenvalue weighted by molar-refractivity contribution is -0.146. The third-order valence-electron chi connectivity index (χ3n) is 13.9. The zero-order chi connectivity index (χ0) is 45.0. The summed E-state index contributed by atoms with van der Waals surface area (Å²) in [5.41, 5.74) is 14.7. The molecule has 2 unspecified atom stereocenters. The quantitative estimate of drug-likeness (QED) is 0.125. The molecule has 332 valence electrons. The first kappa shape index (κ1) is 45.4. The van der Waals surface area contributed by atoms with Gasteiger partial charge < -0.3 is 24.9 Å². The number of methoxy groups -OCH3 is 2. The lowest BCUT2D eigenvalue weighted by atomic mass is 9.74. The number of hydrogen-bond acceptors (Lipinski definition) is 6. The molecule has 8 bridgehead atoms. The second-order valence-electron chi connectivity index (χ2n) is 17.8. The summed E-state index contributed by atoms with van der Waals surface area (Å²) in [6.07, 6.45) is 15.4. The van der Waals surface area contributed by atoms with Crippen LogP contribution < -0.4 is 25.5 Å². The maximum absolute atomic E-state index is 14.1. The molecule has 0 radical (unpaired) electrons. The Bertz CT molecular complexity index is 2640. The van der Waals surface area contributed by atoms with Gasteiger partial charge in [-0.05, 0) is 142 Å². The number of aromatic amines is 1. The molecule has 1 aromatic heterocycles. The van der Waals surface area contributed by atoms with Gasteiger partial charge in [0.1, 0.15) is 16.9 Å². The molecule has 2 aromatic carbocycles. The molecule has 8 heteroatoms. The van der Waals surface area contributed by atoms with Gasteiger partial charge in [-0.2, -0.15) is 0 Å². The SMILES string of the molecule is CCCCC1=C(C)/C2=C/C3NC(=C(CCCC)C3(C)C(=O)O)/C(c3ccccc3OC)=C3N=C(/C=c4\[nH]/c(c(CCCC)c4C)=C(/c4ccccc4OC)C1=N2)C(C)=C\3CCCC. The summed E-state index contributed by atoms with van der Waals surface area (Å²) in [6.45, 7) is 17.4. The van der Waals surface area contributed by atoms with Gasteiger partial charge in [0, 0.05) is 33.3 Å². The van der Waals surface area contributed by atoms with Gasteiger partial charge in [0.15, 0.2) is 0 Å². The van der Waals surface area contributed by atoms with Crippen molar-refractivity contribution >= 4 is 34.6 Å². The number of H-pyrrole nitrogens is 1. The van der Waals surface area contributed by atoms with Crippen molar-refractivity contribution in [2.24, 2.45) is 15.4 Å². The average molecular weight is 849 g/mol. The molecule has 8 nitrogen and oxygen atoms in total. The zero-order valence-corrected chi connectivity index (χ0v) is 39.4. The fraction of sp³-hybridized carbons (Fsp3) is 0.436. The summed E-state index contributed by atoms with van der Waals surface area (Å²) in [7, 11) is 3.44. The summed E-state index contributed by atoms with van der Waals surface area (Å²) in [4.78, 5) is 29.4. The first-order chi connectivity index (χ1) is 30.5. The Hall–Kier alpha value is -5.63. The highest BCUT2D eigenvalue weighted by atomic mass is 16.5. The van der Waals surface area contributed by atoms with Gasteiger partial charge in [-0.1, -0.05) is 89.8 Å². The highest BCUT2D eigenvalue weighted by Gasteiger charge is 2.51. The number of fused-ring (bicyclic) bond motifs is 6. The van der Waals surface area contributed by atoms with E-state index in [0.29, 0.717) is 12.2 Å². The van der Waals surface area contributed by atoms with Gasteiger partial charge in [-0.15, -0.1) is 0 Å². The van der Waals surface area contributed by atoms with Crippen molar-refractivity contribution in [1.29, 1.82) is 0 Å². The summed E-state index contributed by atoms with van der Waals surface area (Å²) < 4.78 is 12.3. The highest BCUT2D eigenvalue weighted by Crippen LogP contribution is 2.51. The van der Waals surface area contributed by atoms with Crippen LogP contribution in [-0.2, 0) is 11.2 Å². The minimum absolute atomic E-state index is 0.616. The molecule has 0 saturated carbocycles. The van der Waals surface area contributed by atoms with Gasteiger partial charge in [-0.3, -0.25) is 4.79 Å². The molecule has 4 aliphatic rings. The molecule has 3 N–H and O–H groups in total. The second-order valence-corrected chi connectivity index (χ2v) is 17.8. The van der Waals surface area contributed by atoms with Crippen molar-refractivity contribution in [2.45, 2.75) is 138 Å². The lowest BCUT2D eigenvalue weighted by Gasteiger charge is -2.28. The smallest absolute Gasteiger partial charge is 0.316 e. The molecule has 4 aliphatic heterocycles. The molecule has 63 heavy (non-hydrogen) atoms. The van der Waals surface area contributed by atoms with Crippen molar-refractivity contribution in [2.75, 3.05) is 14.2 Å². The number of aromatic nitrogens is 1. The van der Waals surface area contributed by atoms with Crippen LogP contribution in [0.15, 0.2) is 110 Å². The number of unbranched alkanes of at least 4 members (excludes halogenated alkanes) is 4. The van der Waals surface area contributed by atoms with E-state index in [9.17, 15) is 9.90 Å². The normalized spacial score (nSPS) is 23.0. The topological polar surface area (TPSA) is 108 Å². The van der Waals surface area contributed by atoms with Crippen LogP contribution >= 0.6 is 0 Å². The number of carboxylic acids is 1. The summed E-state index contributed by atoms with van der Waals surface area (Å²) in [6, 6.07) is 15.8. The second kappa shape index (κ2) is 19.4. The number of aliphatic carboxylic acids is 1. The molecule has 2 atom stereocenters. The van der Waals surface area contributed by atoms with E-state index in [4.69, 9.17) is 19.5 Å². The Morgan fingerprint density at radius 1 is 0.746 bits per heavy atom. The van der Waals surface area contributed by atoms with E-state index in [0.717, 1.165) is 155 Å². The van der Waals surface area contributed by atoms with Crippen LogP contribution in [0.2, 0.25) is 0 Å². The van der Waals surface area contributed by atoms with E-state index in [2.05, 4.69) is 89.1 Å². The van der Waals surface area contributed by atoms with Crippen LogP contribution in [0.25, 0.3) is 17.2 Å². The Morgan fingerprint density at radius 3 is 1.92 bits per heavy atom. The van der Waals surface area contributed by atoms with E-state index in [-0.39, 0.29) is 0 Å². The van der Waals surface area contributed by atoms with Gasteiger partial charge in [0.05, 0.1) is 48.4 Å². The van der Waals surface area contributed by atoms with E-state index in [1.165, 1.54) is 22.3 Å². The van der Waals surface area contributed by atoms with Gasteiger partial charge >= 0.3 is 5.97 Å². The van der Waals surface area contributed by atoms with Gasteiger partial charge in [0.2, 0.25) is 0 Å². The summed E-state index contributed by atoms with van der Waals surface area (Å²) in [5, 5.41) is 17.6. The molecule has 3 aromatic rings. The van der Waals surface area contributed by atoms with Gasteiger partial charge in [-0.25, -0.2) is 9.98 Å². The molecule has 0 spiro atoms. The minimum atomic E-state index is -1.30. The van der Waals surface area contributed by atoms with Crippen molar-refractivity contribution in [1.82, 2.24) is 10.3 Å². The van der Waals surface area contributed by atoms with Crippen LogP contribution in [-0.4, -0.2) is 47.7 Å². The zero-order valence-electron chi connectivity index (χ0n) is 39.4. The Kier molecular flexibility index (Phi) is 14.0. The Morgan fingerprint density at radius 2 is 1.32 bits per heavy atom. The third kappa shape index (κ3) is 8.22. The van der Waals surface area contributed by atoms with Crippen molar-refractivity contribution < 1.29 is 19.4 Å². The molecule has 5 heterocycles. The lowest BCUT2D eigenvalue weighted by Crippen LogP contribution is -2.42. The number of carbonyl (C=O) groups is 1.